The number of aliphatic carboxylic acids is 1. The minimum absolute atomic E-state index is 0.101. The molecule has 1 aliphatic heterocycles. The first-order chi connectivity index (χ1) is 8.47. The Morgan fingerprint density at radius 2 is 2.17 bits per heavy atom. The lowest BCUT2D eigenvalue weighted by Gasteiger charge is -2.36. The number of rotatable bonds is 5. The Hall–Kier alpha value is -1.14. The summed E-state index contributed by atoms with van der Waals surface area (Å²) in [6.45, 7) is 6.72. The van der Waals surface area contributed by atoms with Crippen LogP contribution < -0.4 is 5.32 Å². The van der Waals surface area contributed by atoms with Gasteiger partial charge in [0.25, 0.3) is 0 Å². The van der Waals surface area contributed by atoms with E-state index in [9.17, 15) is 9.59 Å². The van der Waals surface area contributed by atoms with Gasteiger partial charge in [0, 0.05) is 12.6 Å². The summed E-state index contributed by atoms with van der Waals surface area (Å²) in [7, 11) is 0. The highest BCUT2D eigenvalue weighted by Gasteiger charge is 2.35. The van der Waals surface area contributed by atoms with Crippen molar-refractivity contribution in [3.05, 3.63) is 0 Å². The summed E-state index contributed by atoms with van der Waals surface area (Å²) >= 11 is 0. The average Bonchev–Trinajstić information content (AvgIpc) is 2.37. The Labute approximate surface area is 107 Å². The first kappa shape index (κ1) is 14.9. The summed E-state index contributed by atoms with van der Waals surface area (Å²) in [6, 6.07) is -1.09. The highest BCUT2D eigenvalue weighted by Crippen LogP contribution is 2.12. The molecule has 1 saturated heterocycles. The standard InChI is InChI=1S/C12H22N2O4/c1-4-8(2)13-11(15)9(3)14-5-6-18-7-10(14)12(16)17/h8-10H,4-7H2,1-3H3,(H,13,15)(H,16,17). The minimum atomic E-state index is -0.946. The molecule has 0 bridgehead atoms. The highest BCUT2D eigenvalue weighted by molar-refractivity contribution is 5.83. The van der Waals surface area contributed by atoms with Gasteiger partial charge < -0.3 is 15.2 Å². The number of hydrogen-bond acceptors (Lipinski definition) is 4. The van der Waals surface area contributed by atoms with Crippen LogP contribution in [0.25, 0.3) is 0 Å². The maximum absolute atomic E-state index is 12.0. The van der Waals surface area contributed by atoms with Crippen molar-refractivity contribution in [1.29, 1.82) is 0 Å². The van der Waals surface area contributed by atoms with Crippen molar-refractivity contribution in [3.63, 3.8) is 0 Å². The molecule has 18 heavy (non-hydrogen) atoms. The Morgan fingerprint density at radius 3 is 2.72 bits per heavy atom. The van der Waals surface area contributed by atoms with Gasteiger partial charge in [-0.05, 0) is 20.3 Å². The largest absolute Gasteiger partial charge is 0.480 e. The fraction of sp³-hybridized carbons (Fsp3) is 0.833. The third kappa shape index (κ3) is 3.68. The molecule has 2 N–H and O–H groups in total. The van der Waals surface area contributed by atoms with Gasteiger partial charge in [0.15, 0.2) is 0 Å². The van der Waals surface area contributed by atoms with Gasteiger partial charge in [-0.2, -0.15) is 0 Å². The molecule has 1 aliphatic rings. The molecule has 1 amide bonds. The molecule has 0 aromatic heterocycles. The molecule has 3 atom stereocenters. The number of nitrogens with zero attached hydrogens (tertiary/aromatic N) is 1. The average molecular weight is 258 g/mol. The van der Waals surface area contributed by atoms with Crippen molar-refractivity contribution < 1.29 is 19.4 Å². The molecule has 6 nitrogen and oxygen atoms in total. The van der Waals surface area contributed by atoms with E-state index in [1.165, 1.54) is 0 Å². The van der Waals surface area contributed by atoms with Gasteiger partial charge in [-0.3, -0.25) is 14.5 Å². The van der Waals surface area contributed by atoms with E-state index in [1.807, 2.05) is 13.8 Å². The second kappa shape index (κ2) is 6.70. The molecule has 1 fully saturated rings. The van der Waals surface area contributed by atoms with E-state index in [2.05, 4.69) is 5.32 Å². The molecule has 0 aromatic rings. The van der Waals surface area contributed by atoms with Crippen LogP contribution in [-0.2, 0) is 14.3 Å². The van der Waals surface area contributed by atoms with Crippen LogP contribution in [0.2, 0.25) is 0 Å². The van der Waals surface area contributed by atoms with E-state index in [0.29, 0.717) is 13.2 Å². The topological polar surface area (TPSA) is 78.9 Å². The van der Waals surface area contributed by atoms with Crippen molar-refractivity contribution in [2.45, 2.75) is 45.3 Å². The molecule has 0 aliphatic carbocycles. The maximum Gasteiger partial charge on any atom is 0.323 e. The lowest BCUT2D eigenvalue weighted by atomic mass is 10.1. The Bertz CT molecular complexity index is 308. The molecule has 0 spiro atoms. The van der Waals surface area contributed by atoms with Crippen LogP contribution in [0.5, 0.6) is 0 Å². The zero-order valence-electron chi connectivity index (χ0n) is 11.2. The summed E-state index contributed by atoms with van der Waals surface area (Å²) in [5, 5.41) is 12.0. The quantitative estimate of drug-likeness (QED) is 0.730. The molecule has 104 valence electrons. The van der Waals surface area contributed by atoms with Crippen LogP contribution in [-0.4, -0.2) is 59.8 Å². The zero-order valence-corrected chi connectivity index (χ0v) is 11.2. The third-order valence-electron chi connectivity index (χ3n) is 3.33. The summed E-state index contributed by atoms with van der Waals surface area (Å²) in [5.41, 5.74) is 0. The number of carbonyl (C=O) groups is 2. The SMILES string of the molecule is CCC(C)NC(=O)C(C)N1CCOCC1C(=O)O. The highest BCUT2D eigenvalue weighted by atomic mass is 16.5. The van der Waals surface area contributed by atoms with Gasteiger partial charge in [0.05, 0.1) is 19.3 Å². The predicted molar refractivity (Wildman–Crippen MR) is 66.3 cm³/mol. The molecule has 0 saturated carbocycles. The number of carbonyl (C=O) groups excluding carboxylic acids is 1. The Morgan fingerprint density at radius 1 is 1.50 bits per heavy atom. The Balaban J connectivity index is 2.65. The predicted octanol–water partition coefficient (Wildman–Crippen LogP) is 0.0750. The van der Waals surface area contributed by atoms with E-state index in [0.717, 1.165) is 6.42 Å². The summed E-state index contributed by atoms with van der Waals surface area (Å²) in [5.74, 6) is -1.07. The smallest absolute Gasteiger partial charge is 0.323 e. The van der Waals surface area contributed by atoms with Crippen LogP contribution >= 0.6 is 0 Å². The van der Waals surface area contributed by atoms with Gasteiger partial charge in [-0.15, -0.1) is 0 Å². The van der Waals surface area contributed by atoms with Crippen molar-refractivity contribution in [1.82, 2.24) is 10.2 Å². The number of nitrogens with one attached hydrogen (secondary N) is 1. The summed E-state index contributed by atoms with van der Waals surface area (Å²) in [4.78, 5) is 24.8. The first-order valence-electron chi connectivity index (χ1n) is 6.34. The van der Waals surface area contributed by atoms with E-state index in [-0.39, 0.29) is 18.6 Å². The van der Waals surface area contributed by atoms with Crippen LogP contribution in [0.3, 0.4) is 0 Å². The van der Waals surface area contributed by atoms with Crippen LogP contribution in [0, 0.1) is 0 Å². The number of ether oxygens (including phenoxy) is 1. The first-order valence-corrected chi connectivity index (χ1v) is 6.34. The van der Waals surface area contributed by atoms with Gasteiger partial charge in [-0.1, -0.05) is 6.92 Å². The maximum atomic E-state index is 12.0. The summed E-state index contributed by atoms with van der Waals surface area (Å²) < 4.78 is 5.15. The normalized spacial score (nSPS) is 24.3. The van der Waals surface area contributed by atoms with Crippen molar-refractivity contribution in [2.75, 3.05) is 19.8 Å². The van der Waals surface area contributed by atoms with Crippen molar-refractivity contribution in [3.8, 4) is 0 Å². The van der Waals surface area contributed by atoms with Gasteiger partial charge in [0.1, 0.15) is 6.04 Å². The van der Waals surface area contributed by atoms with Gasteiger partial charge in [0.2, 0.25) is 5.91 Å². The molecule has 0 radical (unpaired) electrons. The lowest BCUT2D eigenvalue weighted by molar-refractivity contribution is -0.153. The molecule has 0 aromatic carbocycles. The molecule has 1 heterocycles. The summed E-state index contributed by atoms with van der Waals surface area (Å²) in [6.07, 6.45) is 0.851. The van der Waals surface area contributed by atoms with Gasteiger partial charge >= 0.3 is 5.97 Å². The molecule has 1 rings (SSSR count). The van der Waals surface area contributed by atoms with E-state index in [4.69, 9.17) is 9.84 Å². The fourth-order valence-electron chi connectivity index (χ4n) is 1.91. The minimum Gasteiger partial charge on any atom is -0.480 e. The van der Waals surface area contributed by atoms with E-state index < -0.39 is 18.1 Å². The van der Waals surface area contributed by atoms with Crippen LogP contribution in [0.15, 0.2) is 0 Å². The number of morpholine rings is 1. The zero-order chi connectivity index (χ0) is 13.7. The monoisotopic (exact) mass is 258 g/mol. The van der Waals surface area contributed by atoms with E-state index in [1.54, 1.807) is 11.8 Å². The second-order valence-electron chi connectivity index (χ2n) is 4.66. The number of hydrogen-bond donors (Lipinski definition) is 2. The van der Waals surface area contributed by atoms with Crippen molar-refractivity contribution >= 4 is 11.9 Å². The van der Waals surface area contributed by atoms with E-state index >= 15 is 0 Å². The van der Waals surface area contributed by atoms with Gasteiger partial charge in [-0.25, -0.2) is 0 Å². The third-order valence-corrected chi connectivity index (χ3v) is 3.33. The number of amides is 1. The van der Waals surface area contributed by atoms with Crippen LogP contribution in [0.1, 0.15) is 27.2 Å². The molecular weight excluding hydrogens is 236 g/mol. The van der Waals surface area contributed by atoms with Crippen molar-refractivity contribution in [2.24, 2.45) is 0 Å². The molecular formula is C12H22N2O4. The molecule has 3 unspecified atom stereocenters. The molecule has 6 heteroatoms. The number of carboxylic acid groups (broad SMARTS) is 1. The second-order valence-corrected chi connectivity index (χ2v) is 4.66. The van der Waals surface area contributed by atoms with Crippen LogP contribution in [0.4, 0.5) is 0 Å². The Kier molecular flexibility index (Phi) is 5.55. The fourth-order valence-corrected chi connectivity index (χ4v) is 1.91. The lowest BCUT2D eigenvalue weighted by Crippen LogP contribution is -2.58. The number of carboxylic acids is 1.